The van der Waals surface area contributed by atoms with Gasteiger partial charge in [-0.2, -0.15) is 0 Å². The van der Waals surface area contributed by atoms with Crippen molar-refractivity contribution in [3.05, 3.63) is 47.0 Å². The van der Waals surface area contributed by atoms with Crippen molar-refractivity contribution in [3.63, 3.8) is 0 Å². The van der Waals surface area contributed by atoms with Crippen LogP contribution >= 0.6 is 0 Å². The number of rotatable bonds is 6. The number of Topliss-reactive ketones (excluding diaryl/α,β-unsaturated/α-hetero) is 1. The first-order chi connectivity index (χ1) is 10.9. The molecule has 1 rings (SSSR count). The van der Waals surface area contributed by atoms with Gasteiger partial charge in [0.2, 0.25) is 0 Å². The normalized spacial score (nSPS) is 16.6. The molecule has 0 aliphatic carbocycles. The van der Waals surface area contributed by atoms with Crippen LogP contribution < -0.4 is 4.72 Å². The second kappa shape index (κ2) is 7.66. The molecule has 6 heteroatoms. The fourth-order valence-electron chi connectivity index (χ4n) is 2.10. The van der Waals surface area contributed by atoms with Crippen molar-refractivity contribution >= 4 is 16.8 Å². The van der Waals surface area contributed by atoms with E-state index in [1.54, 1.807) is 47.6 Å². The molecular formula is C18H25F2NO2S. The summed E-state index contributed by atoms with van der Waals surface area (Å²) < 4.78 is 42.4. The predicted molar refractivity (Wildman–Crippen MR) is 93.8 cm³/mol. The topological polar surface area (TPSA) is 46.2 Å². The van der Waals surface area contributed by atoms with Gasteiger partial charge in [0, 0.05) is 18.1 Å². The fourth-order valence-corrected chi connectivity index (χ4v) is 3.00. The monoisotopic (exact) mass is 357 g/mol. The molecule has 3 nitrogen and oxygen atoms in total. The lowest BCUT2D eigenvalue weighted by Gasteiger charge is -2.33. The third-order valence-electron chi connectivity index (χ3n) is 3.79. The Balaban J connectivity index is 3.34. The third-order valence-corrected chi connectivity index (χ3v) is 5.53. The molecule has 0 amide bonds. The maximum Gasteiger partial charge on any atom is 0.160 e. The summed E-state index contributed by atoms with van der Waals surface area (Å²) in [5, 5.41) is 0. The van der Waals surface area contributed by atoms with E-state index >= 15 is 0 Å². The first-order valence-electron chi connectivity index (χ1n) is 7.72. The van der Waals surface area contributed by atoms with E-state index < -0.39 is 32.9 Å². The van der Waals surface area contributed by atoms with Gasteiger partial charge in [-0.15, -0.1) is 0 Å². The number of nitrogens with one attached hydrogen (secondary N) is 1. The molecule has 24 heavy (non-hydrogen) atoms. The summed E-state index contributed by atoms with van der Waals surface area (Å²) in [6.45, 7) is 10.3. The molecule has 1 aromatic carbocycles. The summed E-state index contributed by atoms with van der Waals surface area (Å²) >= 11 is 0. The minimum atomic E-state index is -1.53. The molecule has 0 aliphatic heterocycles. The highest BCUT2D eigenvalue weighted by Gasteiger charge is 2.36. The van der Waals surface area contributed by atoms with Gasteiger partial charge in [-0.25, -0.2) is 17.7 Å². The van der Waals surface area contributed by atoms with Crippen LogP contribution in [-0.4, -0.2) is 14.7 Å². The summed E-state index contributed by atoms with van der Waals surface area (Å²) in [6, 6.07) is 3.18. The average Bonchev–Trinajstić information content (AvgIpc) is 2.44. The van der Waals surface area contributed by atoms with Crippen LogP contribution in [0, 0.1) is 11.6 Å². The second-order valence-electron chi connectivity index (χ2n) is 7.01. The summed E-state index contributed by atoms with van der Waals surface area (Å²) in [4.78, 5) is 12.4. The zero-order valence-corrected chi connectivity index (χ0v) is 15.8. The van der Waals surface area contributed by atoms with Gasteiger partial charge in [0.15, 0.2) is 5.78 Å². The third kappa shape index (κ3) is 5.05. The highest BCUT2D eigenvalue weighted by Crippen LogP contribution is 2.31. The standard InChI is InChI=1S/C18H25F2NO2S/c1-7-12(2)16(22)11-18(6,21-24(23)17(3,4)5)14-9-8-13(19)10-15(14)20/h7-10,21H,11H2,1-6H3. The van der Waals surface area contributed by atoms with Gasteiger partial charge in [-0.3, -0.25) is 4.79 Å². The molecule has 134 valence electrons. The lowest BCUT2D eigenvalue weighted by atomic mass is 9.86. The molecular weight excluding hydrogens is 332 g/mol. The van der Waals surface area contributed by atoms with E-state index in [2.05, 4.69) is 4.72 Å². The Labute approximate surface area is 145 Å². The molecule has 0 aliphatic rings. The molecule has 1 N–H and O–H groups in total. The predicted octanol–water partition coefficient (Wildman–Crippen LogP) is 4.16. The van der Waals surface area contributed by atoms with Crippen LogP contribution in [0.3, 0.4) is 0 Å². The summed E-state index contributed by atoms with van der Waals surface area (Å²) in [5.74, 6) is -1.67. The minimum absolute atomic E-state index is 0.0897. The Hall–Kier alpha value is -1.40. The number of hydrogen-bond donors (Lipinski definition) is 1. The lowest BCUT2D eigenvalue weighted by molar-refractivity contribution is -0.116. The van der Waals surface area contributed by atoms with Crippen LogP contribution in [-0.2, 0) is 21.3 Å². The van der Waals surface area contributed by atoms with Crippen LogP contribution in [0.25, 0.3) is 0 Å². The number of halogens is 2. The van der Waals surface area contributed by atoms with Gasteiger partial charge in [0.25, 0.3) is 0 Å². The SMILES string of the molecule is CC=C(C)C(=O)CC(C)(NS(=O)C(C)(C)C)c1ccc(F)cc1F. The largest absolute Gasteiger partial charge is 0.294 e. The molecule has 2 atom stereocenters. The zero-order valence-electron chi connectivity index (χ0n) is 15.0. The van der Waals surface area contributed by atoms with E-state index in [4.69, 9.17) is 0 Å². The summed E-state index contributed by atoms with van der Waals surface area (Å²) in [6.07, 6.45) is 1.58. The molecule has 0 aromatic heterocycles. The Kier molecular flexibility index (Phi) is 6.59. The lowest BCUT2D eigenvalue weighted by Crippen LogP contribution is -2.48. The number of ketones is 1. The minimum Gasteiger partial charge on any atom is -0.294 e. The molecule has 0 fully saturated rings. The Bertz CT molecular complexity index is 680. The number of carbonyl (C=O) groups is 1. The van der Waals surface area contributed by atoms with E-state index in [1.165, 1.54) is 6.07 Å². The van der Waals surface area contributed by atoms with E-state index in [0.29, 0.717) is 5.57 Å². The molecule has 0 heterocycles. The van der Waals surface area contributed by atoms with Crippen LogP contribution in [0.15, 0.2) is 29.8 Å². The molecule has 2 unspecified atom stereocenters. The zero-order chi connectivity index (χ0) is 18.7. The maximum absolute atomic E-state index is 14.3. The van der Waals surface area contributed by atoms with Gasteiger partial charge in [0.1, 0.15) is 11.6 Å². The second-order valence-corrected chi connectivity index (χ2v) is 8.98. The van der Waals surface area contributed by atoms with Crippen LogP contribution in [0.1, 0.15) is 53.5 Å². The maximum atomic E-state index is 14.3. The van der Waals surface area contributed by atoms with Crippen LogP contribution in [0.2, 0.25) is 0 Å². The van der Waals surface area contributed by atoms with E-state index in [1.807, 2.05) is 0 Å². The smallest absolute Gasteiger partial charge is 0.160 e. The molecule has 1 aromatic rings. The quantitative estimate of drug-likeness (QED) is 0.777. The highest BCUT2D eigenvalue weighted by molar-refractivity contribution is 7.84. The van der Waals surface area contributed by atoms with E-state index in [9.17, 15) is 17.8 Å². The Morgan fingerprint density at radius 2 is 1.83 bits per heavy atom. The van der Waals surface area contributed by atoms with Crippen molar-refractivity contribution in [3.8, 4) is 0 Å². The van der Waals surface area contributed by atoms with Crippen molar-refractivity contribution in [2.45, 2.75) is 58.2 Å². The van der Waals surface area contributed by atoms with Gasteiger partial charge in [0.05, 0.1) is 21.3 Å². The Morgan fingerprint density at radius 3 is 2.29 bits per heavy atom. The number of hydrogen-bond acceptors (Lipinski definition) is 2. The Morgan fingerprint density at radius 1 is 1.25 bits per heavy atom. The van der Waals surface area contributed by atoms with Gasteiger partial charge in [-0.05, 0) is 53.2 Å². The van der Waals surface area contributed by atoms with Gasteiger partial charge >= 0.3 is 0 Å². The number of allylic oxidation sites excluding steroid dienone is 2. The molecule has 0 spiro atoms. The van der Waals surface area contributed by atoms with Crippen molar-refractivity contribution in [1.29, 1.82) is 0 Å². The summed E-state index contributed by atoms with van der Waals surface area (Å²) in [5.41, 5.74) is -0.581. The molecule has 0 bridgehead atoms. The number of benzene rings is 1. The molecule has 0 saturated carbocycles. The summed E-state index contributed by atoms with van der Waals surface area (Å²) in [7, 11) is -1.53. The van der Waals surface area contributed by atoms with Gasteiger partial charge in [-0.1, -0.05) is 12.1 Å². The van der Waals surface area contributed by atoms with Crippen molar-refractivity contribution in [2.75, 3.05) is 0 Å². The highest BCUT2D eigenvalue weighted by atomic mass is 32.2. The van der Waals surface area contributed by atoms with E-state index in [0.717, 1.165) is 12.1 Å². The van der Waals surface area contributed by atoms with Crippen molar-refractivity contribution in [2.24, 2.45) is 0 Å². The molecule has 0 radical (unpaired) electrons. The van der Waals surface area contributed by atoms with E-state index in [-0.39, 0.29) is 17.8 Å². The van der Waals surface area contributed by atoms with Crippen LogP contribution in [0.4, 0.5) is 8.78 Å². The number of carbonyl (C=O) groups excluding carboxylic acids is 1. The van der Waals surface area contributed by atoms with Crippen molar-refractivity contribution in [1.82, 2.24) is 4.72 Å². The first-order valence-corrected chi connectivity index (χ1v) is 8.87. The molecule has 0 saturated heterocycles. The first kappa shape index (κ1) is 20.6. The van der Waals surface area contributed by atoms with Gasteiger partial charge < -0.3 is 0 Å². The van der Waals surface area contributed by atoms with Crippen molar-refractivity contribution < 1.29 is 17.8 Å². The van der Waals surface area contributed by atoms with Crippen LogP contribution in [0.5, 0.6) is 0 Å². The fraction of sp³-hybridized carbons (Fsp3) is 0.500. The average molecular weight is 357 g/mol.